The van der Waals surface area contributed by atoms with Crippen molar-refractivity contribution in [2.75, 3.05) is 0 Å². The lowest BCUT2D eigenvalue weighted by molar-refractivity contribution is 0.623. The molecule has 0 aliphatic heterocycles. The van der Waals surface area contributed by atoms with Gasteiger partial charge >= 0.3 is 0 Å². The fourth-order valence-corrected chi connectivity index (χ4v) is 2.96. The van der Waals surface area contributed by atoms with Crippen LogP contribution in [0.2, 0.25) is 0 Å². The zero-order valence-corrected chi connectivity index (χ0v) is 11.4. The van der Waals surface area contributed by atoms with Gasteiger partial charge in [0.15, 0.2) is 0 Å². The van der Waals surface area contributed by atoms with Crippen LogP contribution >= 0.6 is 38.9 Å². The van der Waals surface area contributed by atoms with Crippen molar-refractivity contribution in [1.29, 1.82) is 0 Å². The number of benzene rings is 1. The Morgan fingerprint density at radius 1 is 1.38 bits per heavy atom. The Morgan fingerprint density at radius 3 is 2.81 bits per heavy atom. The first-order valence-electron chi connectivity index (χ1n) is 4.76. The van der Waals surface area contributed by atoms with Crippen molar-refractivity contribution in [3.8, 4) is 0 Å². The van der Waals surface area contributed by atoms with Gasteiger partial charge in [-0.3, -0.25) is 0 Å². The van der Waals surface area contributed by atoms with Crippen LogP contribution in [0, 0.1) is 5.82 Å². The predicted octanol–water partition coefficient (Wildman–Crippen LogP) is 5.17. The van der Waals surface area contributed by atoms with Crippen molar-refractivity contribution in [3.63, 3.8) is 0 Å². The van der Waals surface area contributed by atoms with Gasteiger partial charge in [0, 0.05) is 4.47 Å². The molecule has 0 amide bonds. The van der Waals surface area contributed by atoms with Crippen LogP contribution in [0.5, 0.6) is 0 Å². The van der Waals surface area contributed by atoms with Crippen molar-refractivity contribution < 1.29 is 4.39 Å². The van der Waals surface area contributed by atoms with E-state index in [4.69, 9.17) is 11.6 Å². The van der Waals surface area contributed by atoms with Crippen LogP contribution in [0.1, 0.15) is 16.5 Å². The van der Waals surface area contributed by atoms with Gasteiger partial charge in [-0.1, -0.05) is 15.9 Å². The zero-order chi connectivity index (χ0) is 11.5. The number of halogens is 3. The van der Waals surface area contributed by atoms with Crippen LogP contribution in [-0.2, 0) is 6.42 Å². The maximum absolute atomic E-state index is 13.2. The number of rotatable bonds is 3. The van der Waals surface area contributed by atoms with Crippen LogP contribution < -0.4 is 0 Å². The lowest BCUT2D eigenvalue weighted by Crippen LogP contribution is -1.95. The lowest BCUT2D eigenvalue weighted by Gasteiger charge is -2.09. The second-order valence-corrected chi connectivity index (χ2v) is 5.73. The van der Waals surface area contributed by atoms with Gasteiger partial charge in [-0.2, -0.15) is 11.3 Å². The third kappa shape index (κ3) is 3.06. The van der Waals surface area contributed by atoms with Crippen LogP contribution in [-0.4, -0.2) is 0 Å². The van der Waals surface area contributed by atoms with E-state index in [9.17, 15) is 4.39 Å². The number of thiophene rings is 1. The van der Waals surface area contributed by atoms with E-state index < -0.39 is 0 Å². The quantitative estimate of drug-likeness (QED) is 0.684. The van der Waals surface area contributed by atoms with E-state index in [1.165, 1.54) is 17.7 Å². The first-order valence-corrected chi connectivity index (χ1v) is 6.93. The summed E-state index contributed by atoms with van der Waals surface area (Å²) >= 11 is 11.2. The largest absolute Gasteiger partial charge is 0.207 e. The van der Waals surface area contributed by atoms with Crippen molar-refractivity contribution in [2.24, 2.45) is 0 Å². The molecule has 4 heteroatoms. The monoisotopic (exact) mass is 318 g/mol. The van der Waals surface area contributed by atoms with Gasteiger partial charge in [0.2, 0.25) is 0 Å². The highest BCUT2D eigenvalue weighted by Crippen LogP contribution is 2.28. The van der Waals surface area contributed by atoms with E-state index in [-0.39, 0.29) is 11.2 Å². The molecule has 0 radical (unpaired) electrons. The molecule has 1 heterocycles. The maximum atomic E-state index is 13.2. The van der Waals surface area contributed by atoms with E-state index >= 15 is 0 Å². The summed E-state index contributed by atoms with van der Waals surface area (Å²) in [6.45, 7) is 0. The fourth-order valence-electron chi connectivity index (χ4n) is 1.49. The molecule has 0 saturated heterocycles. The normalized spacial score (nSPS) is 12.7. The highest BCUT2D eigenvalue weighted by Gasteiger charge is 2.11. The topological polar surface area (TPSA) is 0 Å². The van der Waals surface area contributed by atoms with E-state index in [0.717, 1.165) is 16.5 Å². The summed E-state index contributed by atoms with van der Waals surface area (Å²) in [5, 5.41) is 3.88. The molecule has 0 aliphatic carbocycles. The average molecular weight is 320 g/mol. The van der Waals surface area contributed by atoms with E-state index in [1.807, 2.05) is 17.5 Å². The molecule has 0 spiro atoms. The van der Waals surface area contributed by atoms with Gasteiger partial charge < -0.3 is 0 Å². The SMILES string of the molecule is Fc1cc(Br)cc(C(Cl)Cc2ccsc2)c1. The summed E-state index contributed by atoms with van der Waals surface area (Å²) in [4.78, 5) is 0. The third-order valence-electron chi connectivity index (χ3n) is 2.24. The standard InChI is InChI=1S/C12H9BrClFS/c13-10-4-9(5-11(15)6-10)12(14)3-8-1-2-16-7-8/h1-2,4-7,12H,3H2. The Bertz CT molecular complexity index is 450. The maximum Gasteiger partial charge on any atom is 0.124 e. The Morgan fingerprint density at radius 2 is 2.19 bits per heavy atom. The van der Waals surface area contributed by atoms with Gasteiger partial charge in [0.05, 0.1) is 5.38 Å². The summed E-state index contributed by atoms with van der Waals surface area (Å²) in [5.41, 5.74) is 1.99. The molecule has 0 nitrogen and oxygen atoms in total. The first kappa shape index (κ1) is 12.1. The van der Waals surface area contributed by atoms with Crippen LogP contribution in [0.25, 0.3) is 0 Å². The molecule has 1 atom stereocenters. The second-order valence-electron chi connectivity index (χ2n) is 3.51. The Labute approximate surface area is 111 Å². The van der Waals surface area contributed by atoms with E-state index in [1.54, 1.807) is 11.3 Å². The Balaban J connectivity index is 2.17. The van der Waals surface area contributed by atoms with Gasteiger partial charge in [-0.25, -0.2) is 4.39 Å². The predicted molar refractivity (Wildman–Crippen MR) is 70.7 cm³/mol. The molecule has 84 valence electrons. The smallest absolute Gasteiger partial charge is 0.124 e. The Kier molecular flexibility index (Phi) is 4.00. The molecule has 16 heavy (non-hydrogen) atoms. The van der Waals surface area contributed by atoms with Crippen LogP contribution in [0.3, 0.4) is 0 Å². The van der Waals surface area contributed by atoms with E-state index in [0.29, 0.717) is 0 Å². The van der Waals surface area contributed by atoms with Crippen molar-refractivity contribution in [3.05, 3.63) is 56.4 Å². The zero-order valence-electron chi connectivity index (χ0n) is 8.29. The summed E-state index contributed by atoms with van der Waals surface area (Å²) in [6, 6.07) is 6.80. The molecule has 0 bridgehead atoms. The van der Waals surface area contributed by atoms with Gasteiger partial charge in [-0.05, 0) is 52.6 Å². The molecule has 0 aliphatic rings. The molecule has 2 aromatic rings. The van der Waals surface area contributed by atoms with Gasteiger partial charge in [0.1, 0.15) is 5.82 Å². The first-order chi connectivity index (χ1) is 7.65. The summed E-state index contributed by atoms with van der Waals surface area (Å²) in [5.74, 6) is -0.264. The van der Waals surface area contributed by atoms with E-state index in [2.05, 4.69) is 21.3 Å². The number of alkyl halides is 1. The summed E-state index contributed by atoms with van der Waals surface area (Å²) < 4.78 is 13.9. The highest BCUT2D eigenvalue weighted by atomic mass is 79.9. The third-order valence-corrected chi connectivity index (χ3v) is 3.84. The second kappa shape index (κ2) is 5.30. The molecule has 1 unspecified atom stereocenters. The molecule has 0 saturated carbocycles. The molecule has 0 N–H and O–H groups in total. The van der Waals surface area contributed by atoms with Crippen LogP contribution in [0.4, 0.5) is 4.39 Å². The van der Waals surface area contributed by atoms with Gasteiger partial charge in [0.25, 0.3) is 0 Å². The Hall–Kier alpha value is -0.380. The van der Waals surface area contributed by atoms with Gasteiger partial charge in [-0.15, -0.1) is 11.6 Å². The molecule has 0 fully saturated rings. The summed E-state index contributed by atoms with van der Waals surface area (Å²) in [6.07, 6.45) is 0.723. The minimum absolute atomic E-state index is 0.193. The number of hydrogen-bond donors (Lipinski definition) is 0. The molecule has 1 aromatic carbocycles. The molecule has 2 rings (SSSR count). The van der Waals surface area contributed by atoms with Crippen molar-refractivity contribution >= 4 is 38.9 Å². The van der Waals surface area contributed by atoms with Crippen LogP contribution in [0.15, 0.2) is 39.5 Å². The fraction of sp³-hybridized carbons (Fsp3) is 0.167. The minimum atomic E-state index is -0.264. The highest BCUT2D eigenvalue weighted by molar-refractivity contribution is 9.10. The average Bonchev–Trinajstić information content (AvgIpc) is 2.68. The number of hydrogen-bond acceptors (Lipinski definition) is 1. The molecule has 1 aromatic heterocycles. The molecular weight excluding hydrogens is 311 g/mol. The minimum Gasteiger partial charge on any atom is -0.207 e. The van der Waals surface area contributed by atoms with Crippen molar-refractivity contribution in [2.45, 2.75) is 11.8 Å². The summed E-state index contributed by atoms with van der Waals surface area (Å²) in [7, 11) is 0. The molecular formula is C12H9BrClFS. The van der Waals surface area contributed by atoms with Crippen molar-refractivity contribution in [1.82, 2.24) is 0 Å². The lowest BCUT2D eigenvalue weighted by atomic mass is 10.1.